The van der Waals surface area contributed by atoms with Gasteiger partial charge in [-0.1, -0.05) is 52.9 Å². The molecule has 6 atom stereocenters. The van der Waals surface area contributed by atoms with Crippen LogP contribution >= 0.6 is 0 Å². The van der Waals surface area contributed by atoms with E-state index >= 15 is 0 Å². The summed E-state index contributed by atoms with van der Waals surface area (Å²) in [5, 5.41) is 17.0. The van der Waals surface area contributed by atoms with Gasteiger partial charge in [0.1, 0.15) is 0 Å². The summed E-state index contributed by atoms with van der Waals surface area (Å²) < 4.78 is 0. The molecule has 4 nitrogen and oxygen atoms in total. The molecule has 0 aliphatic heterocycles. The van der Waals surface area contributed by atoms with Crippen LogP contribution in [-0.4, -0.2) is 28.6 Å². The SMILES string of the molecule is CC1CC(CC2CCC(N)C(C)C2)CCC1N.CCCCCCCCC(O)O. The van der Waals surface area contributed by atoms with E-state index in [-0.39, 0.29) is 0 Å². The van der Waals surface area contributed by atoms with Gasteiger partial charge in [-0.05, 0) is 81.5 Å². The minimum Gasteiger partial charge on any atom is -0.368 e. The summed E-state index contributed by atoms with van der Waals surface area (Å²) in [6.45, 7) is 6.85. The Bertz CT molecular complexity index is 354. The highest BCUT2D eigenvalue weighted by Gasteiger charge is 2.30. The average molecular weight is 399 g/mol. The van der Waals surface area contributed by atoms with Crippen molar-refractivity contribution in [3.8, 4) is 0 Å². The summed E-state index contributed by atoms with van der Waals surface area (Å²) in [5.41, 5.74) is 12.2. The quantitative estimate of drug-likeness (QED) is 0.326. The van der Waals surface area contributed by atoms with E-state index in [0.29, 0.717) is 18.5 Å². The smallest absolute Gasteiger partial charge is 0.151 e. The third-order valence-corrected chi connectivity index (χ3v) is 7.17. The molecule has 2 saturated carbocycles. The minimum atomic E-state index is -1.10. The monoisotopic (exact) mass is 398 g/mol. The predicted molar refractivity (Wildman–Crippen MR) is 120 cm³/mol. The Morgan fingerprint density at radius 1 is 0.750 bits per heavy atom. The number of nitrogens with two attached hydrogens (primary N) is 2. The lowest BCUT2D eigenvalue weighted by Gasteiger charge is -2.37. The second kappa shape index (κ2) is 14.8. The molecule has 6 N–H and O–H groups in total. The molecule has 0 amide bonds. The van der Waals surface area contributed by atoms with Gasteiger partial charge in [0, 0.05) is 12.1 Å². The summed E-state index contributed by atoms with van der Waals surface area (Å²) in [6, 6.07) is 0.926. The van der Waals surface area contributed by atoms with Gasteiger partial charge in [-0.2, -0.15) is 0 Å². The molecule has 4 heteroatoms. The van der Waals surface area contributed by atoms with Crippen molar-refractivity contribution in [3.05, 3.63) is 0 Å². The second-order valence-corrected chi connectivity index (χ2v) is 9.91. The van der Waals surface area contributed by atoms with Crippen molar-refractivity contribution in [2.24, 2.45) is 35.1 Å². The maximum absolute atomic E-state index is 8.51. The molecule has 0 radical (unpaired) electrons. The Morgan fingerprint density at radius 2 is 1.21 bits per heavy atom. The molecule has 2 fully saturated rings. The van der Waals surface area contributed by atoms with E-state index < -0.39 is 6.29 Å². The van der Waals surface area contributed by atoms with Gasteiger partial charge in [-0.25, -0.2) is 0 Å². The first-order valence-electron chi connectivity index (χ1n) is 12.2. The van der Waals surface area contributed by atoms with Crippen molar-refractivity contribution >= 4 is 0 Å². The highest BCUT2D eigenvalue weighted by molar-refractivity contribution is 4.85. The molecular weight excluding hydrogens is 348 g/mol. The summed E-state index contributed by atoms with van der Waals surface area (Å²) in [5.74, 6) is 3.35. The van der Waals surface area contributed by atoms with Crippen LogP contribution in [0.1, 0.15) is 111 Å². The van der Waals surface area contributed by atoms with Crippen molar-refractivity contribution in [2.45, 2.75) is 129 Å². The maximum atomic E-state index is 8.51. The van der Waals surface area contributed by atoms with Crippen LogP contribution in [0.2, 0.25) is 0 Å². The molecule has 28 heavy (non-hydrogen) atoms. The summed E-state index contributed by atoms with van der Waals surface area (Å²) >= 11 is 0. The fourth-order valence-corrected chi connectivity index (χ4v) is 5.07. The van der Waals surface area contributed by atoms with Gasteiger partial charge in [0.15, 0.2) is 6.29 Å². The molecule has 0 heterocycles. The van der Waals surface area contributed by atoms with Crippen LogP contribution in [-0.2, 0) is 0 Å². The predicted octanol–water partition coefficient (Wildman–Crippen LogP) is 4.95. The van der Waals surface area contributed by atoms with Crippen molar-refractivity contribution in [1.82, 2.24) is 0 Å². The van der Waals surface area contributed by atoms with Gasteiger partial charge in [0.05, 0.1) is 0 Å². The molecule has 6 unspecified atom stereocenters. The Balaban J connectivity index is 0.000000311. The van der Waals surface area contributed by atoms with Crippen LogP contribution in [0.3, 0.4) is 0 Å². The van der Waals surface area contributed by atoms with Crippen LogP contribution in [0.15, 0.2) is 0 Å². The zero-order valence-corrected chi connectivity index (χ0v) is 19.0. The molecule has 2 aliphatic carbocycles. The van der Waals surface area contributed by atoms with Gasteiger partial charge in [-0.3, -0.25) is 0 Å². The van der Waals surface area contributed by atoms with E-state index in [0.717, 1.165) is 36.5 Å². The standard InChI is InChI=1S/C15H30N2.C9H20O2/c1-10-7-12(3-5-14(10)16)9-13-4-6-15(17)11(2)8-13;1-2-3-4-5-6-7-8-9(10)11/h10-15H,3-9,16-17H2,1-2H3;9-11H,2-8H2,1H3. The first kappa shape index (κ1) is 25.9. The Labute approximate surface area is 174 Å². The van der Waals surface area contributed by atoms with E-state index in [9.17, 15) is 0 Å². The summed E-state index contributed by atoms with van der Waals surface area (Å²) in [6.07, 6.45) is 16.0. The lowest BCUT2D eigenvalue weighted by atomic mass is 9.71. The van der Waals surface area contributed by atoms with Crippen molar-refractivity contribution in [1.29, 1.82) is 0 Å². The average Bonchev–Trinajstić information content (AvgIpc) is 2.65. The fourth-order valence-electron chi connectivity index (χ4n) is 5.07. The zero-order valence-electron chi connectivity index (χ0n) is 19.0. The van der Waals surface area contributed by atoms with Crippen molar-refractivity contribution < 1.29 is 10.2 Å². The first-order chi connectivity index (χ1) is 13.3. The van der Waals surface area contributed by atoms with Crippen LogP contribution in [0.25, 0.3) is 0 Å². The molecule has 2 rings (SSSR count). The maximum Gasteiger partial charge on any atom is 0.151 e. The van der Waals surface area contributed by atoms with Crippen molar-refractivity contribution in [2.75, 3.05) is 0 Å². The lowest BCUT2D eigenvalue weighted by Crippen LogP contribution is -2.37. The van der Waals surface area contributed by atoms with E-state index in [1.54, 1.807) is 0 Å². The van der Waals surface area contributed by atoms with Gasteiger partial charge >= 0.3 is 0 Å². The molecule has 0 saturated heterocycles. The topological polar surface area (TPSA) is 92.5 Å². The zero-order chi connectivity index (χ0) is 20.9. The molecule has 0 spiro atoms. The Kier molecular flexibility index (Phi) is 13.6. The molecule has 168 valence electrons. The molecule has 0 aromatic heterocycles. The Morgan fingerprint density at radius 3 is 1.64 bits per heavy atom. The highest BCUT2D eigenvalue weighted by Crippen LogP contribution is 2.38. The summed E-state index contributed by atoms with van der Waals surface area (Å²) in [7, 11) is 0. The van der Waals surface area contributed by atoms with Crippen LogP contribution in [0.4, 0.5) is 0 Å². The van der Waals surface area contributed by atoms with E-state index in [1.807, 2.05) is 0 Å². The number of aliphatic hydroxyl groups is 2. The van der Waals surface area contributed by atoms with Crippen molar-refractivity contribution in [3.63, 3.8) is 0 Å². The summed E-state index contributed by atoms with van der Waals surface area (Å²) in [4.78, 5) is 0. The largest absolute Gasteiger partial charge is 0.368 e. The van der Waals surface area contributed by atoms with Gasteiger partial charge in [0.25, 0.3) is 0 Å². The van der Waals surface area contributed by atoms with Gasteiger partial charge in [-0.15, -0.1) is 0 Å². The number of unbranched alkanes of at least 4 members (excludes halogenated alkanes) is 5. The molecule has 0 aromatic carbocycles. The number of rotatable bonds is 9. The fraction of sp³-hybridized carbons (Fsp3) is 1.00. The second-order valence-electron chi connectivity index (χ2n) is 9.91. The van der Waals surface area contributed by atoms with Gasteiger partial charge in [0.2, 0.25) is 0 Å². The molecule has 0 aromatic rings. The molecular formula is C24H50N2O2. The third-order valence-electron chi connectivity index (χ3n) is 7.17. The van der Waals surface area contributed by atoms with Gasteiger partial charge < -0.3 is 21.7 Å². The molecule has 2 aliphatic rings. The molecule has 0 bridgehead atoms. The number of hydrogen-bond donors (Lipinski definition) is 4. The normalized spacial score (nSPS) is 33.4. The number of hydrogen-bond acceptors (Lipinski definition) is 4. The Hall–Kier alpha value is -0.160. The van der Waals surface area contributed by atoms with E-state index in [1.165, 1.54) is 70.6 Å². The first-order valence-corrected chi connectivity index (χ1v) is 12.2. The van der Waals surface area contributed by atoms with Crippen LogP contribution in [0.5, 0.6) is 0 Å². The van der Waals surface area contributed by atoms with Crippen LogP contribution in [0, 0.1) is 23.7 Å². The minimum absolute atomic E-state index is 0.463. The van der Waals surface area contributed by atoms with E-state index in [4.69, 9.17) is 21.7 Å². The lowest BCUT2D eigenvalue weighted by molar-refractivity contribution is -0.0466. The number of aliphatic hydroxyl groups excluding tert-OH is 1. The van der Waals surface area contributed by atoms with E-state index in [2.05, 4.69) is 20.8 Å². The van der Waals surface area contributed by atoms with Crippen LogP contribution < -0.4 is 11.5 Å². The highest BCUT2D eigenvalue weighted by atomic mass is 16.5. The third kappa shape index (κ3) is 11.1.